The average Bonchev–Trinajstić information content (AvgIpc) is 3.08. The van der Waals surface area contributed by atoms with Crippen molar-refractivity contribution in [3.8, 4) is 11.3 Å². The van der Waals surface area contributed by atoms with E-state index in [0.717, 1.165) is 29.7 Å². The Hall–Kier alpha value is -3.09. The Kier molecular flexibility index (Phi) is 4.60. The minimum absolute atomic E-state index is 0.125. The van der Waals surface area contributed by atoms with E-state index in [4.69, 9.17) is 0 Å². The van der Waals surface area contributed by atoms with Crippen LogP contribution in [-0.2, 0) is 6.42 Å². The predicted molar refractivity (Wildman–Crippen MR) is 90.5 cm³/mol. The highest BCUT2D eigenvalue weighted by molar-refractivity contribution is 6.02. The van der Waals surface area contributed by atoms with Crippen LogP contribution in [0.15, 0.2) is 36.4 Å². The first kappa shape index (κ1) is 15.8. The Labute approximate surface area is 139 Å². The molecule has 0 saturated carbocycles. The number of anilines is 1. The predicted octanol–water partition coefficient (Wildman–Crippen LogP) is 2.77. The van der Waals surface area contributed by atoms with Crippen LogP contribution in [0.1, 0.15) is 35.0 Å². The van der Waals surface area contributed by atoms with Crippen molar-refractivity contribution in [2.45, 2.75) is 26.7 Å². The van der Waals surface area contributed by atoms with Crippen LogP contribution < -0.4 is 5.32 Å². The number of nitrogens with zero attached hydrogens (tertiary/aromatic N) is 4. The summed E-state index contributed by atoms with van der Waals surface area (Å²) in [5.41, 5.74) is 4.34. The van der Waals surface area contributed by atoms with E-state index in [2.05, 4.69) is 37.8 Å². The molecule has 0 fully saturated rings. The summed E-state index contributed by atoms with van der Waals surface area (Å²) >= 11 is 0. The number of hydrogen-bond donors (Lipinski definition) is 2. The first-order chi connectivity index (χ1) is 11.7. The average molecular weight is 322 g/mol. The van der Waals surface area contributed by atoms with E-state index in [1.807, 2.05) is 37.3 Å². The molecule has 2 heterocycles. The van der Waals surface area contributed by atoms with Gasteiger partial charge in [-0.05, 0) is 36.3 Å². The van der Waals surface area contributed by atoms with E-state index < -0.39 is 0 Å². The third-order valence-corrected chi connectivity index (χ3v) is 3.57. The zero-order valence-corrected chi connectivity index (χ0v) is 13.6. The molecular weight excluding hydrogens is 304 g/mol. The number of tetrazole rings is 1. The fourth-order valence-corrected chi connectivity index (χ4v) is 2.39. The van der Waals surface area contributed by atoms with Crippen LogP contribution in [0.3, 0.4) is 0 Å². The molecule has 3 rings (SSSR count). The second-order valence-corrected chi connectivity index (χ2v) is 5.55. The molecule has 0 spiro atoms. The van der Waals surface area contributed by atoms with Gasteiger partial charge in [-0.15, -0.1) is 5.10 Å². The van der Waals surface area contributed by atoms with Crippen molar-refractivity contribution in [3.63, 3.8) is 0 Å². The molecule has 2 aromatic heterocycles. The Morgan fingerprint density at radius 1 is 1.21 bits per heavy atom. The summed E-state index contributed by atoms with van der Waals surface area (Å²) in [5.74, 6) is -0.234. The molecule has 7 nitrogen and oxygen atoms in total. The Balaban J connectivity index is 1.96. The lowest BCUT2D eigenvalue weighted by Gasteiger charge is -2.09. The summed E-state index contributed by atoms with van der Waals surface area (Å²) in [6.45, 7) is 4.14. The molecule has 122 valence electrons. The number of amides is 1. The van der Waals surface area contributed by atoms with Crippen molar-refractivity contribution in [3.05, 3.63) is 53.2 Å². The van der Waals surface area contributed by atoms with Crippen molar-refractivity contribution in [2.24, 2.45) is 0 Å². The number of nitrogens with one attached hydrogen (secondary N) is 2. The number of aryl methyl sites for hydroxylation is 2. The Morgan fingerprint density at radius 2 is 2.00 bits per heavy atom. The van der Waals surface area contributed by atoms with E-state index in [9.17, 15) is 4.79 Å². The van der Waals surface area contributed by atoms with Crippen LogP contribution in [0.5, 0.6) is 0 Å². The molecule has 0 radical (unpaired) electrons. The van der Waals surface area contributed by atoms with E-state index in [0.29, 0.717) is 5.69 Å². The van der Waals surface area contributed by atoms with E-state index in [1.54, 1.807) is 6.07 Å². The monoisotopic (exact) mass is 322 g/mol. The smallest absolute Gasteiger partial charge is 0.276 e. The van der Waals surface area contributed by atoms with Gasteiger partial charge >= 0.3 is 0 Å². The second-order valence-electron chi connectivity index (χ2n) is 5.55. The minimum atomic E-state index is -0.359. The van der Waals surface area contributed by atoms with Gasteiger partial charge in [-0.3, -0.25) is 10.1 Å². The molecule has 3 aromatic rings. The number of pyridine rings is 1. The standard InChI is InChI=1S/C17H18N6O/c1-3-4-12-9-14(13-7-5-11(2)6-8-13)18-15(10-12)16(24)19-17-20-22-23-21-17/h5-10H,3-4H2,1-2H3,(H2,19,20,21,22,23,24). The SMILES string of the molecule is CCCc1cc(C(=O)Nc2nn[nH]n2)nc(-c2ccc(C)cc2)c1. The molecule has 1 aromatic carbocycles. The van der Waals surface area contributed by atoms with Gasteiger partial charge in [0.25, 0.3) is 11.9 Å². The maximum Gasteiger partial charge on any atom is 0.276 e. The lowest BCUT2D eigenvalue weighted by molar-refractivity contribution is 0.102. The van der Waals surface area contributed by atoms with Gasteiger partial charge in [-0.1, -0.05) is 48.3 Å². The van der Waals surface area contributed by atoms with Crippen molar-refractivity contribution in [1.29, 1.82) is 0 Å². The molecule has 24 heavy (non-hydrogen) atoms. The zero-order chi connectivity index (χ0) is 16.9. The topological polar surface area (TPSA) is 96.5 Å². The van der Waals surface area contributed by atoms with Crippen molar-refractivity contribution in [1.82, 2.24) is 25.6 Å². The molecular formula is C17H18N6O. The maximum absolute atomic E-state index is 12.4. The van der Waals surface area contributed by atoms with Gasteiger partial charge < -0.3 is 0 Å². The molecule has 1 amide bonds. The van der Waals surface area contributed by atoms with Crippen LogP contribution in [-0.4, -0.2) is 31.5 Å². The number of aromatic nitrogens is 5. The molecule has 0 atom stereocenters. The highest BCUT2D eigenvalue weighted by Gasteiger charge is 2.13. The molecule has 0 bridgehead atoms. The van der Waals surface area contributed by atoms with Gasteiger partial charge in [0.2, 0.25) is 0 Å². The lowest BCUT2D eigenvalue weighted by Crippen LogP contribution is -2.15. The van der Waals surface area contributed by atoms with Crippen LogP contribution in [0, 0.1) is 6.92 Å². The Bertz CT molecular complexity index is 827. The van der Waals surface area contributed by atoms with Gasteiger partial charge in [-0.25, -0.2) is 4.98 Å². The van der Waals surface area contributed by atoms with E-state index in [1.165, 1.54) is 5.56 Å². The fraction of sp³-hybridized carbons (Fsp3) is 0.235. The summed E-state index contributed by atoms with van der Waals surface area (Å²) < 4.78 is 0. The number of benzene rings is 1. The largest absolute Gasteiger partial charge is 0.286 e. The summed E-state index contributed by atoms with van der Waals surface area (Å²) in [6.07, 6.45) is 1.87. The summed E-state index contributed by atoms with van der Waals surface area (Å²) in [4.78, 5) is 16.9. The van der Waals surface area contributed by atoms with Crippen LogP contribution in [0.4, 0.5) is 5.95 Å². The normalized spacial score (nSPS) is 10.6. The third-order valence-electron chi connectivity index (χ3n) is 3.57. The van der Waals surface area contributed by atoms with Crippen LogP contribution in [0.25, 0.3) is 11.3 Å². The molecule has 0 saturated heterocycles. The van der Waals surface area contributed by atoms with Gasteiger partial charge in [-0.2, -0.15) is 5.21 Å². The van der Waals surface area contributed by atoms with E-state index >= 15 is 0 Å². The van der Waals surface area contributed by atoms with Gasteiger partial charge in [0.1, 0.15) is 5.69 Å². The van der Waals surface area contributed by atoms with Crippen molar-refractivity contribution < 1.29 is 4.79 Å². The maximum atomic E-state index is 12.4. The number of H-pyrrole nitrogens is 1. The third kappa shape index (κ3) is 3.62. The van der Waals surface area contributed by atoms with Crippen molar-refractivity contribution in [2.75, 3.05) is 5.32 Å². The number of hydrogen-bond acceptors (Lipinski definition) is 5. The minimum Gasteiger partial charge on any atom is -0.286 e. The summed E-state index contributed by atoms with van der Waals surface area (Å²) in [7, 11) is 0. The quantitative estimate of drug-likeness (QED) is 0.753. The van der Waals surface area contributed by atoms with Crippen molar-refractivity contribution >= 4 is 11.9 Å². The fourth-order valence-electron chi connectivity index (χ4n) is 2.39. The number of carbonyl (C=O) groups is 1. The molecule has 2 N–H and O–H groups in total. The zero-order valence-electron chi connectivity index (χ0n) is 13.6. The summed E-state index contributed by atoms with van der Waals surface area (Å²) in [6, 6.07) is 11.9. The van der Waals surface area contributed by atoms with E-state index in [-0.39, 0.29) is 11.9 Å². The highest BCUT2D eigenvalue weighted by atomic mass is 16.2. The number of carbonyl (C=O) groups excluding carboxylic acids is 1. The molecule has 7 heteroatoms. The van der Waals surface area contributed by atoms with Crippen LogP contribution >= 0.6 is 0 Å². The Morgan fingerprint density at radius 3 is 2.67 bits per heavy atom. The second kappa shape index (κ2) is 6.99. The number of aromatic amines is 1. The molecule has 0 aliphatic carbocycles. The molecule has 0 aliphatic heterocycles. The first-order valence-electron chi connectivity index (χ1n) is 7.78. The van der Waals surface area contributed by atoms with Gasteiger partial charge in [0, 0.05) is 5.56 Å². The highest BCUT2D eigenvalue weighted by Crippen LogP contribution is 2.21. The van der Waals surface area contributed by atoms with Crippen LogP contribution in [0.2, 0.25) is 0 Å². The number of rotatable bonds is 5. The lowest BCUT2D eigenvalue weighted by atomic mass is 10.0. The molecule has 0 unspecified atom stereocenters. The van der Waals surface area contributed by atoms with Gasteiger partial charge in [0.15, 0.2) is 0 Å². The first-order valence-corrected chi connectivity index (χ1v) is 7.78. The van der Waals surface area contributed by atoms with Gasteiger partial charge in [0.05, 0.1) is 5.69 Å². The summed E-state index contributed by atoms with van der Waals surface area (Å²) in [5, 5.41) is 15.7. The molecule has 0 aliphatic rings.